The number of esters is 1. The molecule has 0 aromatic heterocycles. The molecule has 4 nitrogen and oxygen atoms in total. The number of hydrogen-bond donors (Lipinski definition) is 1. The van der Waals surface area contributed by atoms with Gasteiger partial charge in [-0.25, -0.2) is 4.79 Å². The average molecular weight is 429 g/mol. The van der Waals surface area contributed by atoms with Crippen LogP contribution in [0, 0.1) is 0 Å². The fraction of sp³-hybridized carbons (Fsp3) is 0.273. The number of cyclic esters (lactones) is 1. The summed E-state index contributed by atoms with van der Waals surface area (Å²) in [5.74, 6) is -1.95. The second-order valence-electron chi connectivity index (χ2n) is 6.56. The van der Waals surface area contributed by atoms with Gasteiger partial charge in [-0.2, -0.15) is 0 Å². The Labute approximate surface area is 167 Å². The van der Waals surface area contributed by atoms with Crippen LogP contribution in [0.5, 0.6) is 0 Å². The number of aliphatic hydroxyl groups excluding tert-OH is 1. The molecule has 1 N–H and O–H groups in total. The Morgan fingerprint density at radius 3 is 2.37 bits per heavy atom. The van der Waals surface area contributed by atoms with Crippen molar-refractivity contribution < 1.29 is 19.4 Å². The molecule has 0 saturated carbocycles. The van der Waals surface area contributed by atoms with E-state index in [9.17, 15) is 14.7 Å². The van der Waals surface area contributed by atoms with E-state index in [1.807, 2.05) is 61.5 Å². The molecule has 140 valence electrons. The minimum Gasteiger partial charge on any atom is -0.504 e. The standard InChI is InChI=1S/C22H21BrO4/c1-2-17(15-6-4-3-5-7-15)19-21(25)20(24)18(27-22(19)26)13-10-14-8-11-16(23)12-9-14/h3-9,11-12,17-18,25H,2,10,13H2,1H3. The highest BCUT2D eigenvalue weighted by molar-refractivity contribution is 9.10. The van der Waals surface area contributed by atoms with Gasteiger partial charge in [0.2, 0.25) is 5.78 Å². The van der Waals surface area contributed by atoms with Crippen molar-refractivity contribution in [2.45, 2.75) is 38.2 Å². The zero-order valence-electron chi connectivity index (χ0n) is 15.0. The Kier molecular flexibility index (Phi) is 6.11. The van der Waals surface area contributed by atoms with E-state index in [0.29, 0.717) is 19.3 Å². The van der Waals surface area contributed by atoms with Gasteiger partial charge in [-0.15, -0.1) is 0 Å². The molecule has 0 saturated heterocycles. The van der Waals surface area contributed by atoms with E-state index in [1.165, 1.54) is 0 Å². The predicted octanol–water partition coefficient (Wildman–Crippen LogP) is 4.88. The van der Waals surface area contributed by atoms with E-state index in [2.05, 4.69) is 15.9 Å². The first-order chi connectivity index (χ1) is 13.0. The number of ether oxygens (including phenoxy) is 1. The molecule has 0 amide bonds. The summed E-state index contributed by atoms with van der Waals surface area (Å²) in [5, 5.41) is 10.5. The van der Waals surface area contributed by atoms with Crippen LogP contribution in [0.2, 0.25) is 0 Å². The minimum absolute atomic E-state index is 0.0635. The fourth-order valence-electron chi connectivity index (χ4n) is 3.37. The van der Waals surface area contributed by atoms with Crippen molar-refractivity contribution in [3.05, 3.63) is 81.5 Å². The molecule has 2 unspecified atom stereocenters. The van der Waals surface area contributed by atoms with E-state index >= 15 is 0 Å². The maximum atomic E-state index is 12.6. The molecule has 27 heavy (non-hydrogen) atoms. The number of ketones is 1. The van der Waals surface area contributed by atoms with Crippen LogP contribution in [0.3, 0.4) is 0 Å². The Balaban J connectivity index is 1.79. The van der Waals surface area contributed by atoms with Gasteiger partial charge in [-0.05, 0) is 42.5 Å². The van der Waals surface area contributed by atoms with Crippen LogP contribution in [0.15, 0.2) is 70.4 Å². The normalized spacial score (nSPS) is 18.4. The van der Waals surface area contributed by atoms with Gasteiger partial charge in [-0.1, -0.05) is 65.3 Å². The highest BCUT2D eigenvalue weighted by Gasteiger charge is 2.39. The van der Waals surface area contributed by atoms with Gasteiger partial charge >= 0.3 is 5.97 Å². The first-order valence-electron chi connectivity index (χ1n) is 8.99. The van der Waals surface area contributed by atoms with Gasteiger partial charge in [-0.3, -0.25) is 4.79 Å². The van der Waals surface area contributed by atoms with Crippen molar-refractivity contribution in [3.63, 3.8) is 0 Å². The number of rotatable bonds is 6. The van der Waals surface area contributed by atoms with Crippen LogP contribution in [0.1, 0.15) is 36.8 Å². The number of carbonyl (C=O) groups is 2. The summed E-state index contributed by atoms with van der Waals surface area (Å²) in [4.78, 5) is 25.2. The highest BCUT2D eigenvalue weighted by Crippen LogP contribution is 2.34. The van der Waals surface area contributed by atoms with Crippen molar-refractivity contribution in [3.8, 4) is 0 Å². The largest absolute Gasteiger partial charge is 0.504 e. The molecule has 2 aromatic carbocycles. The predicted molar refractivity (Wildman–Crippen MR) is 106 cm³/mol. The fourth-order valence-corrected chi connectivity index (χ4v) is 3.63. The van der Waals surface area contributed by atoms with Crippen LogP contribution in [0.25, 0.3) is 0 Å². The maximum Gasteiger partial charge on any atom is 0.339 e. The van der Waals surface area contributed by atoms with Crippen LogP contribution in [-0.4, -0.2) is 23.0 Å². The Bertz CT molecular complexity index is 856. The summed E-state index contributed by atoms with van der Waals surface area (Å²) in [7, 11) is 0. The molecule has 0 bridgehead atoms. The lowest BCUT2D eigenvalue weighted by Gasteiger charge is -2.27. The molecule has 3 rings (SSSR count). The zero-order valence-corrected chi connectivity index (χ0v) is 16.6. The van der Waals surface area contributed by atoms with Gasteiger partial charge in [0.15, 0.2) is 11.9 Å². The lowest BCUT2D eigenvalue weighted by Crippen LogP contribution is -2.37. The lowest BCUT2D eigenvalue weighted by atomic mass is 9.85. The van der Waals surface area contributed by atoms with Gasteiger partial charge in [0.05, 0.1) is 5.57 Å². The van der Waals surface area contributed by atoms with Crippen LogP contribution in [0.4, 0.5) is 0 Å². The molecule has 1 aliphatic heterocycles. The van der Waals surface area contributed by atoms with E-state index < -0.39 is 23.6 Å². The molecule has 0 spiro atoms. The topological polar surface area (TPSA) is 63.6 Å². The molecule has 2 atom stereocenters. The number of aryl methyl sites for hydroxylation is 1. The van der Waals surface area contributed by atoms with Crippen LogP contribution in [-0.2, 0) is 20.7 Å². The number of benzene rings is 2. The van der Waals surface area contributed by atoms with E-state index in [-0.39, 0.29) is 11.5 Å². The second-order valence-corrected chi connectivity index (χ2v) is 7.47. The maximum absolute atomic E-state index is 12.6. The zero-order chi connectivity index (χ0) is 19.4. The van der Waals surface area contributed by atoms with Crippen molar-refractivity contribution in [2.24, 2.45) is 0 Å². The number of hydrogen-bond acceptors (Lipinski definition) is 4. The number of Topliss-reactive ketones (excluding diaryl/α,β-unsaturated/α-hetero) is 1. The molecular formula is C22H21BrO4. The van der Waals surface area contributed by atoms with Crippen LogP contribution < -0.4 is 0 Å². The summed E-state index contributed by atoms with van der Waals surface area (Å²) in [6, 6.07) is 17.1. The number of aliphatic hydroxyl groups is 1. The third-order valence-electron chi connectivity index (χ3n) is 4.82. The Hall–Kier alpha value is -2.40. The molecule has 1 aliphatic rings. The molecule has 0 aliphatic carbocycles. The SMILES string of the molecule is CCC(C1=C(O)C(=O)C(CCc2ccc(Br)cc2)OC1=O)c1ccccc1. The molecule has 1 heterocycles. The highest BCUT2D eigenvalue weighted by atomic mass is 79.9. The quantitative estimate of drug-likeness (QED) is 0.665. The first kappa shape index (κ1) is 19.4. The smallest absolute Gasteiger partial charge is 0.339 e. The van der Waals surface area contributed by atoms with Crippen molar-refractivity contribution in [2.75, 3.05) is 0 Å². The average Bonchev–Trinajstić information content (AvgIpc) is 2.69. The Morgan fingerprint density at radius 1 is 1.07 bits per heavy atom. The lowest BCUT2D eigenvalue weighted by molar-refractivity contribution is -0.154. The van der Waals surface area contributed by atoms with E-state index in [1.54, 1.807) is 0 Å². The third-order valence-corrected chi connectivity index (χ3v) is 5.35. The van der Waals surface area contributed by atoms with E-state index in [0.717, 1.165) is 15.6 Å². The van der Waals surface area contributed by atoms with Gasteiger partial charge in [0.25, 0.3) is 0 Å². The molecule has 5 heteroatoms. The summed E-state index contributed by atoms with van der Waals surface area (Å²) in [5.41, 5.74) is 1.97. The van der Waals surface area contributed by atoms with E-state index in [4.69, 9.17) is 4.74 Å². The monoisotopic (exact) mass is 428 g/mol. The number of halogens is 1. The van der Waals surface area contributed by atoms with Crippen molar-refractivity contribution >= 4 is 27.7 Å². The van der Waals surface area contributed by atoms with Gasteiger partial charge in [0, 0.05) is 10.4 Å². The molecule has 2 aromatic rings. The minimum atomic E-state index is -0.946. The summed E-state index contributed by atoms with van der Waals surface area (Å²) >= 11 is 3.38. The molecule has 0 fully saturated rings. The summed E-state index contributed by atoms with van der Waals surface area (Å²) in [6.07, 6.45) is 0.550. The van der Waals surface area contributed by atoms with Crippen LogP contribution >= 0.6 is 15.9 Å². The Morgan fingerprint density at radius 2 is 1.74 bits per heavy atom. The summed E-state index contributed by atoms with van der Waals surface area (Å²) in [6.45, 7) is 1.91. The molecule has 0 radical (unpaired) electrons. The van der Waals surface area contributed by atoms with Crippen molar-refractivity contribution in [1.29, 1.82) is 0 Å². The first-order valence-corrected chi connectivity index (χ1v) is 9.78. The third kappa shape index (κ3) is 4.30. The van der Waals surface area contributed by atoms with Gasteiger partial charge < -0.3 is 9.84 Å². The molecular weight excluding hydrogens is 408 g/mol. The van der Waals surface area contributed by atoms with Crippen molar-refractivity contribution in [1.82, 2.24) is 0 Å². The summed E-state index contributed by atoms with van der Waals surface area (Å²) < 4.78 is 6.39. The van der Waals surface area contributed by atoms with Gasteiger partial charge in [0.1, 0.15) is 0 Å². The number of carbonyl (C=O) groups excluding carboxylic acids is 2. The second kappa shape index (κ2) is 8.53.